The lowest BCUT2D eigenvalue weighted by atomic mass is 9.98. The van der Waals surface area contributed by atoms with E-state index in [-0.39, 0.29) is 36.3 Å². The molecule has 34 heavy (non-hydrogen) atoms. The van der Waals surface area contributed by atoms with Crippen LogP contribution in [-0.4, -0.2) is 43.8 Å². The van der Waals surface area contributed by atoms with Crippen molar-refractivity contribution in [1.82, 2.24) is 4.90 Å². The summed E-state index contributed by atoms with van der Waals surface area (Å²) in [4.78, 5) is 27.0. The van der Waals surface area contributed by atoms with Gasteiger partial charge in [-0.1, -0.05) is 30.3 Å². The fraction of sp³-hybridized carbons (Fsp3) is 0.308. The maximum absolute atomic E-state index is 12.7. The minimum atomic E-state index is -3.08. The topological polar surface area (TPSA) is 97.8 Å². The summed E-state index contributed by atoms with van der Waals surface area (Å²) in [6, 6.07) is 13.3. The van der Waals surface area contributed by atoms with Crippen LogP contribution < -0.4 is 5.63 Å². The number of hydrogen-bond acceptors (Lipinski definition) is 6. The van der Waals surface area contributed by atoms with E-state index in [0.717, 1.165) is 27.5 Å². The number of aryl methyl sites for hydroxylation is 1. The third-order valence-electron chi connectivity index (χ3n) is 6.80. The van der Waals surface area contributed by atoms with E-state index < -0.39 is 15.5 Å². The molecule has 7 nitrogen and oxygen atoms in total. The monoisotopic (exact) mass is 479 g/mol. The molecule has 1 aliphatic rings. The second kappa shape index (κ2) is 8.43. The van der Waals surface area contributed by atoms with Gasteiger partial charge in [0.1, 0.15) is 11.2 Å². The summed E-state index contributed by atoms with van der Waals surface area (Å²) >= 11 is 0. The number of hydrogen-bond donors (Lipinski definition) is 0. The predicted octanol–water partition coefficient (Wildman–Crippen LogP) is 4.09. The molecule has 1 aliphatic heterocycles. The number of rotatable bonds is 5. The molecule has 1 atom stereocenters. The maximum atomic E-state index is 12.7. The lowest BCUT2D eigenvalue weighted by Crippen LogP contribution is -2.38. The van der Waals surface area contributed by atoms with E-state index in [1.165, 1.54) is 4.90 Å². The summed E-state index contributed by atoms with van der Waals surface area (Å²) in [5.74, 6) is -0.0786. The SMILES string of the molecule is Cc1c(CCC(=O)N(C)[C@H]2CCS(=O)(=O)C2)c(=O)oc2cc3occ(-c4ccccc4)c3cc12. The minimum absolute atomic E-state index is 0.00315. The Morgan fingerprint density at radius 2 is 1.88 bits per heavy atom. The van der Waals surface area contributed by atoms with E-state index >= 15 is 0 Å². The third kappa shape index (κ3) is 4.03. The fourth-order valence-electron chi connectivity index (χ4n) is 4.73. The summed E-state index contributed by atoms with van der Waals surface area (Å²) in [7, 11) is -1.45. The summed E-state index contributed by atoms with van der Waals surface area (Å²) in [6.07, 6.45) is 2.48. The molecular weight excluding hydrogens is 454 g/mol. The van der Waals surface area contributed by atoms with Crippen molar-refractivity contribution >= 4 is 37.7 Å². The Morgan fingerprint density at radius 1 is 1.12 bits per heavy atom. The smallest absolute Gasteiger partial charge is 0.339 e. The van der Waals surface area contributed by atoms with Crippen LogP contribution in [0.5, 0.6) is 0 Å². The molecule has 1 saturated heterocycles. The Hall–Kier alpha value is -3.39. The summed E-state index contributed by atoms with van der Waals surface area (Å²) in [5.41, 5.74) is 3.80. The van der Waals surface area contributed by atoms with Crippen LogP contribution in [0.15, 0.2) is 62.4 Å². The van der Waals surface area contributed by atoms with Crippen molar-refractivity contribution in [3.05, 3.63) is 70.3 Å². The van der Waals surface area contributed by atoms with Gasteiger partial charge in [0.2, 0.25) is 5.91 Å². The molecule has 0 bridgehead atoms. The van der Waals surface area contributed by atoms with E-state index in [1.807, 2.05) is 43.3 Å². The van der Waals surface area contributed by atoms with Gasteiger partial charge >= 0.3 is 5.63 Å². The number of fused-ring (bicyclic) bond motifs is 2. The highest BCUT2D eigenvalue weighted by atomic mass is 32.2. The van der Waals surface area contributed by atoms with Crippen LogP contribution in [-0.2, 0) is 21.1 Å². The molecule has 0 aliphatic carbocycles. The molecule has 176 valence electrons. The zero-order valence-electron chi connectivity index (χ0n) is 19.0. The quantitative estimate of drug-likeness (QED) is 0.400. The van der Waals surface area contributed by atoms with Gasteiger partial charge in [0.15, 0.2) is 9.84 Å². The van der Waals surface area contributed by atoms with Crippen molar-refractivity contribution in [1.29, 1.82) is 0 Å². The molecule has 5 rings (SSSR count). The molecule has 1 amide bonds. The zero-order valence-corrected chi connectivity index (χ0v) is 19.9. The number of nitrogens with zero attached hydrogens (tertiary/aromatic N) is 1. The number of amides is 1. The van der Waals surface area contributed by atoms with Crippen molar-refractivity contribution in [2.75, 3.05) is 18.6 Å². The van der Waals surface area contributed by atoms with Gasteiger partial charge in [0.05, 0.1) is 17.8 Å². The Bertz CT molecular complexity index is 1570. The minimum Gasteiger partial charge on any atom is -0.464 e. The Labute approximate surface area is 196 Å². The van der Waals surface area contributed by atoms with E-state index in [9.17, 15) is 18.0 Å². The van der Waals surface area contributed by atoms with Gasteiger partial charge < -0.3 is 13.7 Å². The van der Waals surface area contributed by atoms with E-state index in [0.29, 0.717) is 23.2 Å². The average Bonchev–Trinajstić information content (AvgIpc) is 3.40. The molecule has 2 aromatic heterocycles. The molecule has 4 aromatic rings. The highest BCUT2D eigenvalue weighted by molar-refractivity contribution is 7.91. The first kappa shape index (κ1) is 22.4. The summed E-state index contributed by atoms with van der Waals surface area (Å²) < 4.78 is 34.8. The third-order valence-corrected chi connectivity index (χ3v) is 8.55. The zero-order chi connectivity index (χ0) is 24.0. The molecule has 0 radical (unpaired) electrons. The van der Waals surface area contributed by atoms with Gasteiger partial charge in [0, 0.05) is 47.5 Å². The number of carbonyl (C=O) groups excluding carboxylic acids is 1. The molecule has 2 aromatic carbocycles. The summed E-state index contributed by atoms with van der Waals surface area (Å²) in [5, 5.41) is 1.71. The van der Waals surface area contributed by atoms with E-state index in [1.54, 1.807) is 19.4 Å². The first-order valence-corrected chi connectivity index (χ1v) is 13.0. The molecule has 0 unspecified atom stereocenters. The van der Waals surface area contributed by atoms with Crippen LogP contribution >= 0.6 is 0 Å². The number of furan rings is 1. The van der Waals surface area contributed by atoms with Crippen molar-refractivity contribution in [2.24, 2.45) is 0 Å². The van der Waals surface area contributed by atoms with Crippen molar-refractivity contribution in [2.45, 2.75) is 32.2 Å². The predicted molar refractivity (Wildman–Crippen MR) is 131 cm³/mol. The normalized spacial score (nSPS) is 17.4. The van der Waals surface area contributed by atoms with Gasteiger partial charge in [-0.2, -0.15) is 0 Å². The van der Waals surface area contributed by atoms with Crippen LogP contribution in [0.2, 0.25) is 0 Å². The Kier molecular flexibility index (Phi) is 5.56. The van der Waals surface area contributed by atoms with Crippen molar-refractivity contribution < 1.29 is 22.0 Å². The molecule has 3 heterocycles. The number of sulfone groups is 1. The van der Waals surface area contributed by atoms with Crippen LogP contribution in [0.3, 0.4) is 0 Å². The summed E-state index contributed by atoms with van der Waals surface area (Å²) in [6.45, 7) is 1.86. The van der Waals surface area contributed by atoms with Gasteiger partial charge in [-0.3, -0.25) is 4.79 Å². The first-order valence-electron chi connectivity index (χ1n) is 11.2. The molecule has 0 N–H and O–H groups in total. The van der Waals surface area contributed by atoms with Gasteiger partial charge in [-0.05, 0) is 37.0 Å². The van der Waals surface area contributed by atoms with Crippen molar-refractivity contribution in [3.8, 4) is 11.1 Å². The molecular formula is C26H25NO6S. The lowest BCUT2D eigenvalue weighted by Gasteiger charge is -2.23. The highest BCUT2D eigenvalue weighted by Crippen LogP contribution is 2.34. The molecule has 1 fully saturated rings. The standard InChI is InChI=1S/C26H25NO6S/c1-16-19(8-9-25(28)27(2)18-10-11-34(30,31)15-18)26(29)33-24-13-23-21(12-20(16)24)22(14-32-23)17-6-4-3-5-7-17/h3-7,12-14,18H,8-11,15H2,1-2H3/t18-/m0/s1. The largest absolute Gasteiger partial charge is 0.464 e. The van der Waals surface area contributed by atoms with Crippen LogP contribution in [0, 0.1) is 6.92 Å². The van der Waals surface area contributed by atoms with Crippen molar-refractivity contribution in [3.63, 3.8) is 0 Å². The van der Waals surface area contributed by atoms with Gasteiger partial charge in [0.25, 0.3) is 0 Å². The molecule has 0 saturated carbocycles. The number of carbonyl (C=O) groups is 1. The van der Waals surface area contributed by atoms with E-state index in [4.69, 9.17) is 8.83 Å². The Balaban J connectivity index is 1.45. The van der Waals surface area contributed by atoms with Crippen LogP contribution in [0.1, 0.15) is 24.0 Å². The van der Waals surface area contributed by atoms with Crippen LogP contribution in [0.25, 0.3) is 33.1 Å². The van der Waals surface area contributed by atoms with Crippen LogP contribution in [0.4, 0.5) is 0 Å². The second-order valence-corrected chi connectivity index (χ2v) is 11.1. The van der Waals surface area contributed by atoms with Gasteiger partial charge in [-0.15, -0.1) is 0 Å². The lowest BCUT2D eigenvalue weighted by molar-refractivity contribution is -0.131. The number of benzene rings is 2. The average molecular weight is 480 g/mol. The molecule has 8 heteroatoms. The maximum Gasteiger partial charge on any atom is 0.339 e. The van der Waals surface area contributed by atoms with Gasteiger partial charge in [-0.25, -0.2) is 13.2 Å². The molecule has 0 spiro atoms. The second-order valence-electron chi connectivity index (χ2n) is 8.91. The fourth-order valence-corrected chi connectivity index (χ4v) is 6.51. The highest BCUT2D eigenvalue weighted by Gasteiger charge is 2.32. The van der Waals surface area contributed by atoms with E-state index in [2.05, 4.69) is 0 Å². The Morgan fingerprint density at radius 3 is 2.59 bits per heavy atom. The first-order chi connectivity index (χ1) is 16.2.